The Labute approximate surface area is 84.8 Å². The summed E-state index contributed by atoms with van der Waals surface area (Å²) in [6.07, 6.45) is 0. The highest BCUT2D eigenvalue weighted by Gasteiger charge is 2.19. The van der Waals surface area contributed by atoms with Crippen LogP contribution < -0.4 is 4.74 Å². The molecule has 2 heteroatoms. The van der Waals surface area contributed by atoms with Gasteiger partial charge in [0.2, 0.25) is 0 Å². The highest BCUT2D eigenvalue weighted by molar-refractivity contribution is 5.35. The Hall–Kier alpha value is -1.02. The minimum atomic E-state index is 0.593. The molecule has 0 atom stereocenters. The molecule has 0 spiro atoms. The third-order valence-electron chi connectivity index (χ3n) is 2.51. The zero-order chi connectivity index (χ0) is 9.97. The quantitative estimate of drug-likeness (QED) is 0.731. The van der Waals surface area contributed by atoms with Crippen LogP contribution in [0.3, 0.4) is 0 Å². The number of hydrogen-bond acceptors (Lipinski definition) is 2. The highest BCUT2D eigenvalue weighted by Crippen LogP contribution is 2.20. The largest absolute Gasteiger partial charge is 0.493 e. The molecule has 0 amide bonds. The molecule has 1 fully saturated rings. The Balaban J connectivity index is 1.94. The lowest BCUT2D eigenvalue weighted by Gasteiger charge is -2.26. The molecular weight excluding hydrogens is 176 g/mol. The second-order valence-electron chi connectivity index (χ2n) is 3.98. The van der Waals surface area contributed by atoms with Crippen molar-refractivity contribution in [3.63, 3.8) is 0 Å². The van der Waals surface area contributed by atoms with E-state index in [1.165, 1.54) is 11.1 Å². The standard InChI is InChI=1S/C12H16O2/c1-9-3-4-12(10(2)5-9)14-8-11-6-13-7-11/h3-5,11H,6-8H2,1-2H3. The third kappa shape index (κ3) is 2.07. The van der Waals surface area contributed by atoms with Gasteiger partial charge in [-0.3, -0.25) is 0 Å². The average Bonchev–Trinajstić information content (AvgIpc) is 2.05. The van der Waals surface area contributed by atoms with Gasteiger partial charge in [-0.2, -0.15) is 0 Å². The average molecular weight is 192 g/mol. The Morgan fingerprint density at radius 1 is 1.36 bits per heavy atom. The second-order valence-corrected chi connectivity index (χ2v) is 3.98. The van der Waals surface area contributed by atoms with E-state index in [2.05, 4.69) is 26.0 Å². The molecule has 1 aromatic carbocycles. The first-order valence-corrected chi connectivity index (χ1v) is 5.03. The first kappa shape index (κ1) is 9.53. The predicted octanol–water partition coefficient (Wildman–Crippen LogP) is 2.33. The number of hydrogen-bond donors (Lipinski definition) is 0. The van der Waals surface area contributed by atoms with Gasteiger partial charge in [0.05, 0.1) is 19.8 Å². The van der Waals surface area contributed by atoms with E-state index >= 15 is 0 Å². The van der Waals surface area contributed by atoms with E-state index in [4.69, 9.17) is 9.47 Å². The molecule has 1 heterocycles. The zero-order valence-electron chi connectivity index (χ0n) is 8.75. The molecule has 1 aromatic rings. The van der Waals surface area contributed by atoms with E-state index in [0.717, 1.165) is 25.6 Å². The van der Waals surface area contributed by atoms with Gasteiger partial charge in [-0.05, 0) is 25.5 Å². The lowest BCUT2D eigenvalue weighted by molar-refractivity contribution is -0.0509. The monoisotopic (exact) mass is 192 g/mol. The predicted molar refractivity (Wildman–Crippen MR) is 55.7 cm³/mol. The summed E-state index contributed by atoms with van der Waals surface area (Å²) in [5.41, 5.74) is 2.49. The van der Waals surface area contributed by atoms with Gasteiger partial charge in [0.25, 0.3) is 0 Å². The maximum absolute atomic E-state index is 5.72. The van der Waals surface area contributed by atoms with Crippen molar-refractivity contribution < 1.29 is 9.47 Å². The molecule has 14 heavy (non-hydrogen) atoms. The minimum absolute atomic E-state index is 0.593. The Bertz CT molecular complexity index is 316. The molecule has 2 rings (SSSR count). The SMILES string of the molecule is Cc1ccc(OCC2COC2)c(C)c1. The van der Waals surface area contributed by atoms with Gasteiger partial charge in [0, 0.05) is 5.92 Å². The lowest BCUT2D eigenvalue weighted by atomic mass is 10.1. The topological polar surface area (TPSA) is 18.5 Å². The van der Waals surface area contributed by atoms with Gasteiger partial charge in [0.1, 0.15) is 5.75 Å². The van der Waals surface area contributed by atoms with Crippen LogP contribution in [-0.4, -0.2) is 19.8 Å². The Kier molecular flexibility index (Phi) is 2.73. The molecular formula is C12H16O2. The fourth-order valence-corrected chi connectivity index (χ4v) is 1.55. The van der Waals surface area contributed by atoms with E-state index < -0.39 is 0 Å². The molecule has 2 nitrogen and oxygen atoms in total. The van der Waals surface area contributed by atoms with Crippen LogP contribution in [0.2, 0.25) is 0 Å². The maximum Gasteiger partial charge on any atom is 0.122 e. The molecule has 0 saturated carbocycles. The van der Waals surface area contributed by atoms with E-state index in [0.29, 0.717) is 5.92 Å². The molecule has 0 radical (unpaired) electrons. The molecule has 76 valence electrons. The molecule has 0 unspecified atom stereocenters. The number of aryl methyl sites for hydroxylation is 2. The van der Waals surface area contributed by atoms with E-state index in [9.17, 15) is 0 Å². The first-order chi connectivity index (χ1) is 6.75. The van der Waals surface area contributed by atoms with Gasteiger partial charge in [0.15, 0.2) is 0 Å². The van der Waals surface area contributed by atoms with E-state index in [-0.39, 0.29) is 0 Å². The van der Waals surface area contributed by atoms with Gasteiger partial charge >= 0.3 is 0 Å². The molecule has 0 bridgehead atoms. The normalized spacial score (nSPS) is 16.4. The summed E-state index contributed by atoms with van der Waals surface area (Å²) in [6, 6.07) is 6.27. The smallest absolute Gasteiger partial charge is 0.122 e. The molecule has 0 aromatic heterocycles. The molecule has 0 aliphatic carbocycles. The zero-order valence-corrected chi connectivity index (χ0v) is 8.75. The van der Waals surface area contributed by atoms with Crippen molar-refractivity contribution in [2.75, 3.05) is 19.8 Å². The molecule has 1 aliphatic heterocycles. The van der Waals surface area contributed by atoms with Gasteiger partial charge in [-0.1, -0.05) is 17.7 Å². The summed E-state index contributed by atoms with van der Waals surface area (Å²) in [5, 5.41) is 0. The van der Waals surface area contributed by atoms with Crippen molar-refractivity contribution in [1.82, 2.24) is 0 Å². The summed E-state index contributed by atoms with van der Waals surface area (Å²) in [5.74, 6) is 1.60. The Morgan fingerprint density at radius 2 is 2.14 bits per heavy atom. The van der Waals surface area contributed by atoms with Crippen molar-refractivity contribution in [2.24, 2.45) is 5.92 Å². The van der Waals surface area contributed by atoms with E-state index in [1.807, 2.05) is 6.07 Å². The lowest BCUT2D eigenvalue weighted by Crippen LogP contribution is -2.32. The van der Waals surface area contributed by atoms with Crippen molar-refractivity contribution in [3.05, 3.63) is 29.3 Å². The number of benzene rings is 1. The molecule has 1 aliphatic rings. The minimum Gasteiger partial charge on any atom is -0.493 e. The van der Waals surface area contributed by atoms with Crippen molar-refractivity contribution in [2.45, 2.75) is 13.8 Å². The van der Waals surface area contributed by atoms with Crippen LogP contribution in [0.5, 0.6) is 5.75 Å². The number of rotatable bonds is 3. The molecule has 0 N–H and O–H groups in total. The van der Waals surface area contributed by atoms with Gasteiger partial charge < -0.3 is 9.47 Å². The summed E-state index contributed by atoms with van der Waals surface area (Å²) in [4.78, 5) is 0. The van der Waals surface area contributed by atoms with Crippen LogP contribution in [-0.2, 0) is 4.74 Å². The van der Waals surface area contributed by atoms with Crippen LogP contribution in [0.15, 0.2) is 18.2 Å². The second kappa shape index (κ2) is 4.01. The van der Waals surface area contributed by atoms with E-state index in [1.54, 1.807) is 0 Å². The van der Waals surface area contributed by atoms with Gasteiger partial charge in [-0.15, -0.1) is 0 Å². The highest BCUT2D eigenvalue weighted by atomic mass is 16.5. The first-order valence-electron chi connectivity index (χ1n) is 5.03. The fourth-order valence-electron chi connectivity index (χ4n) is 1.55. The maximum atomic E-state index is 5.72. The molecule has 1 saturated heterocycles. The van der Waals surface area contributed by atoms with Crippen LogP contribution >= 0.6 is 0 Å². The van der Waals surface area contributed by atoms with Crippen molar-refractivity contribution >= 4 is 0 Å². The van der Waals surface area contributed by atoms with Crippen LogP contribution in [0.25, 0.3) is 0 Å². The van der Waals surface area contributed by atoms with Crippen LogP contribution in [0, 0.1) is 19.8 Å². The van der Waals surface area contributed by atoms with Crippen molar-refractivity contribution in [3.8, 4) is 5.75 Å². The van der Waals surface area contributed by atoms with Crippen molar-refractivity contribution in [1.29, 1.82) is 0 Å². The van der Waals surface area contributed by atoms with Crippen LogP contribution in [0.4, 0.5) is 0 Å². The van der Waals surface area contributed by atoms with Gasteiger partial charge in [-0.25, -0.2) is 0 Å². The summed E-state index contributed by atoms with van der Waals surface area (Å²) >= 11 is 0. The fraction of sp³-hybridized carbons (Fsp3) is 0.500. The van der Waals surface area contributed by atoms with Crippen LogP contribution in [0.1, 0.15) is 11.1 Å². The summed E-state index contributed by atoms with van der Waals surface area (Å²) < 4.78 is 10.8. The summed E-state index contributed by atoms with van der Waals surface area (Å²) in [7, 11) is 0. The number of ether oxygens (including phenoxy) is 2. The Morgan fingerprint density at radius 3 is 2.71 bits per heavy atom. The summed E-state index contributed by atoms with van der Waals surface area (Å²) in [6.45, 7) is 6.66. The third-order valence-corrected chi connectivity index (χ3v) is 2.51.